The van der Waals surface area contributed by atoms with Crippen molar-refractivity contribution in [1.82, 2.24) is 5.32 Å². The van der Waals surface area contributed by atoms with Gasteiger partial charge < -0.3 is 20.9 Å². The summed E-state index contributed by atoms with van der Waals surface area (Å²) in [6.07, 6.45) is 2.14. The number of aliphatic carboxylic acids is 1. The van der Waals surface area contributed by atoms with E-state index in [9.17, 15) is 14.7 Å². The Morgan fingerprint density at radius 2 is 2.18 bits per heavy atom. The van der Waals surface area contributed by atoms with Crippen LogP contribution in [0.3, 0.4) is 0 Å². The molecule has 1 saturated carbocycles. The van der Waals surface area contributed by atoms with E-state index in [4.69, 9.17) is 10.5 Å². The molecule has 1 saturated heterocycles. The van der Waals surface area contributed by atoms with Crippen molar-refractivity contribution in [3.63, 3.8) is 0 Å². The van der Waals surface area contributed by atoms with Crippen LogP contribution < -0.4 is 11.1 Å². The highest BCUT2D eigenvalue weighted by Crippen LogP contribution is 2.38. The van der Waals surface area contributed by atoms with Gasteiger partial charge in [0.15, 0.2) is 5.54 Å². The monoisotopic (exact) mass is 242 g/mol. The van der Waals surface area contributed by atoms with Crippen LogP contribution in [0.2, 0.25) is 0 Å². The Labute approximate surface area is 99.5 Å². The summed E-state index contributed by atoms with van der Waals surface area (Å²) in [5, 5.41) is 11.8. The van der Waals surface area contributed by atoms with Gasteiger partial charge in [0.2, 0.25) is 5.91 Å². The molecular formula is C11H18N2O4. The minimum atomic E-state index is -1.30. The molecular weight excluding hydrogens is 224 g/mol. The number of carbonyl (C=O) groups is 2. The highest BCUT2D eigenvalue weighted by atomic mass is 16.5. The standard InChI is InChI=1S/C11H18N2O4/c1-10(12,7-2-3-7)8(14)13-11(9(15)16)4-5-17-6-11/h7H,2-6,12H2,1H3,(H,13,14)(H,15,16). The molecule has 1 aliphatic heterocycles. The fourth-order valence-corrected chi connectivity index (χ4v) is 2.11. The van der Waals surface area contributed by atoms with Crippen molar-refractivity contribution in [2.45, 2.75) is 37.3 Å². The van der Waals surface area contributed by atoms with Crippen LogP contribution in [-0.4, -0.2) is 41.3 Å². The van der Waals surface area contributed by atoms with Crippen molar-refractivity contribution in [3.8, 4) is 0 Å². The van der Waals surface area contributed by atoms with E-state index in [0.29, 0.717) is 6.61 Å². The summed E-state index contributed by atoms with van der Waals surface area (Å²) in [4.78, 5) is 23.3. The molecule has 2 aliphatic rings. The Kier molecular flexibility index (Phi) is 2.87. The lowest BCUT2D eigenvalue weighted by atomic mass is 9.92. The summed E-state index contributed by atoms with van der Waals surface area (Å²) >= 11 is 0. The lowest BCUT2D eigenvalue weighted by Gasteiger charge is -2.30. The van der Waals surface area contributed by atoms with Gasteiger partial charge in [-0.15, -0.1) is 0 Å². The average Bonchev–Trinajstić information content (AvgIpc) is 3.00. The largest absolute Gasteiger partial charge is 0.479 e. The number of rotatable bonds is 4. The van der Waals surface area contributed by atoms with Crippen LogP contribution in [0.1, 0.15) is 26.2 Å². The molecule has 1 aliphatic carbocycles. The Morgan fingerprint density at radius 1 is 1.53 bits per heavy atom. The Morgan fingerprint density at radius 3 is 2.59 bits per heavy atom. The van der Waals surface area contributed by atoms with Crippen molar-refractivity contribution in [1.29, 1.82) is 0 Å². The van der Waals surface area contributed by atoms with Crippen LogP contribution in [-0.2, 0) is 14.3 Å². The highest BCUT2D eigenvalue weighted by molar-refractivity contribution is 5.92. The number of nitrogens with one attached hydrogen (secondary N) is 1. The molecule has 0 aromatic heterocycles. The fraction of sp³-hybridized carbons (Fsp3) is 0.818. The van der Waals surface area contributed by atoms with E-state index in [2.05, 4.69) is 5.32 Å². The van der Waals surface area contributed by atoms with E-state index in [1.165, 1.54) is 0 Å². The highest BCUT2D eigenvalue weighted by Gasteiger charge is 2.50. The van der Waals surface area contributed by atoms with Crippen LogP contribution in [0, 0.1) is 5.92 Å². The quantitative estimate of drug-likeness (QED) is 0.615. The molecule has 2 rings (SSSR count). The molecule has 0 spiro atoms. The van der Waals surface area contributed by atoms with Crippen molar-refractivity contribution in [2.24, 2.45) is 11.7 Å². The van der Waals surface area contributed by atoms with Crippen LogP contribution >= 0.6 is 0 Å². The van der Waals surface area contributed by atoms with Gasteiger partial charge in [-0.2, -0.15) is 0 Å². The second-order valence-electron chi connectivity index (χ2n) is 5.20. The van der Waals surface area contributed by atoms with Gasteiger partial charge in [-0.1, -0.05) is 0 Å². The van der Waals surface area contributed by atoms with Gasteiger partial charge in [-0.05, 0) is 25.7 Å². The number of ether oxygens (including phenoxy) is 1. The Balaban J connectivity index is 2.08. The van der Waals surface area contributed by atoms with Crippen molar-refractivity contribution < 1.29 is 19.4 Å². The molecule has 17 heavy (non-hydrogen) atoms. The first kappa shape index (κ1) is 12.3. The molecule has 0 bridgehead atoms. The molecule has 6 nitrogen and oxygen atoms in total. The van der Waals surface area contributed by atoms with Crippen molar-refractivity contribution in [3.05, 3.63) is 0 Å². The maximum atomic E-state index is 12.1. The van der Waals surface area contributed by atoms with E-state index in [0.717, 1.165) is 12.8 Å². The maximum absolute atomic E-state index is 12.1. The number of amides is 1. The van der Waals surface area contributed by atoms with E-state index >= 15 is 0 Å². The van der Waals surface area contributed by atoms with Gasteiger partial charge in [0, 0.05) is 13.0 Å². The van der Waals surface area contributed by atoms with Gasteiger partial charge in [0.25, 0.3) is 0 Å². The maximum Gasteiger partial charge on any atom is 0.331 e. The number of hydrogen-bond donors (Lipinski definition) is 3. The lowest BCUT2D eigenvalue weighted by Crippen LogP contribution is -2.63. The van der Waals surface area contributed by atoms with Crippen LogP contribution in [0.5, 0.6) is 0 Å². The van der Waals surface area contributed by atoms with Crippen LogP contribution in [0.4, 0.5) is 0 Å². The first-order valence-corrected chi connectivity index (χ1v) is 5.81. The Hall–Kier alpha value is -1.14. The molecule has 1 heterocycles. The van der Waals surface area contributed by atoms with Crippen molar-refractivity contribution in [2.75, 3.05) is 13.2 Å². The normalized spacial score (nSPS) is 31.9. The number of carboxylic acid groups (broad SMARTS) is 1. The summed E-state index contributed by atoms with van der Waals surface area (Å²) in [6, 6.07) is 0. The summed E-state index contributed by atoms with van der Waals surface area (Å²) in [7, 11) is 0. The van der Waals surface area contributed by atoms with Gasteiger partial charge in [0.1, 0.15) is 0 Å². The number of carboxylic acids is 1. The van der Waals surface area contributed by atoms with E-state index in [1.807, 2.05) is 0 Å². The Bertz CT molecular complexity index is 343. The minimum Gasteiger partial charge on any atom is -0.479 e. The molecule has 2 atom stereocenters. The van der Waals surface area contributed by atoms with E-state index < -0.39 is 23.0 Å². The molecule has 0 aromatic carbocycles. The molecule has 0 radical (unpaired) electrons. The first-order valence-electron chi connectivity index (χ1n) is 5.81. The predicted molar refractivity (Wildman–Crippen MR) is 59.3 cm³/mol. The van der Waals surface area contributed by atoms with Gasteiger partial charge in [-0.25, -0.2) is 4.79 Å². The number of hydrogen-bond acceptors (Lipinski definition) is 4. The van der Waals surface area contributed by atoms with E-state index in [-0.39, 0.29) is 18.9 Å². The molecule has 2 fully saturated rings. The molecule has 1 amide bonds. The SMILES string of the molecule is CC(N)(C(=O)NC1(C(=O)O)CCOC1)C1CC1. The second kappa shape index (κ2) is 3.96. The zero-order valence-corrected chi connectivity index (χ0v) is 9.86. The van der Waals surface area contributed by atoms with Gasteiger partial charge in [-0.3, -0.25) is 4.79 Å². The van der Waals surface area contributed by atoms with E-state index in [1.54, 1.807) is 6.92 Å². The number of nitrogens with two attached hydrogens (primary N) is 1. The van der Waals surface area contributed by atoms with Gasteiger partial charge >= 0.3 is 5.97 Å². The third kappa shape index (κ3) is 2.14. The molecule has 6 heteroatoms. The molecule has 2 unspecified atom stereocenters. The summed E-state index contributed by atoms with van der Waals surface area (Å²) in [5.74, 6) is -1.29. The zero-order valence-electron chi connectivity index (χ0n) is 9.86. The topological polar surface area (TPSA) is 102 Å². The third-order valence-electron chi connectivity index (χ3n) is 3.70. The predicted octanol–water partition coefficient (Wildman–Crippen LogP) is -0.526. The average molecular weight is 242 g/mol. The smallest absolute Gasteiger partial charge is 0.331 e. The number of carbonyl (C=O) groups excluding carboxylic acids is 1. The third-order valence-corrected chi connectivity index (χ3v) is 3.70. The second-order valence-corrected chi connectivity index (χ2v) is 5.20. The molecule has 0 aromatic rings. The summed E-state index contributed by atoms with van der Waals surface area (Å²) < 4.78 is 5.08. The minimum absolute atomic E-state index is 0.00875. The summed E-state index contributed by atoms with van der Waals surface area (Å²) in [6.45, 7) is 2.01. The molecule has 96 valence electrons. The van der Waals surface area contributed by atoms with Gasteiger partial charge in [0.05, 0.1) is 12.1 Å². The summed E-state index contributed by atoms with van der Waals surface area (Å²) in [5.41, 5.74) is 3.68. The van der Waals surface area contributed by atoms with Crippen LogP contribution in [0.25, 0.3) is 0 Å². The first-order chi connectivity index (χ1) is 7.88. The molecule has 4 N–H and O–H groups in total. The lowest BCUT2D eigenvalue weighted by molar-refractivity contribution is -0.148. The zero-order chi connectivity index (χ0) is 12.7. The van der Waals surface area contributed by atoms with Crippen molar-refractivity contribution >= 4 is 11.9 Å². The fourth-order valence-electron chi connectivity index (χ4n) is 2.11. The van der Waals surface area contributed by atoms with Crippen LogP contribution in [0.15, 0.2) is 0 Å².